The van der Waals surface area contributed by atoms with Crippen molar-refractivity contribution in [3.8, 4) is 0 Å². The van der Waals surface area contributed by atoms with Gasteiger partial charge in [-0.1, -0.05) is 26.8 Å². The maximum atomic E-state index is 11.4. The minimum absolute atomic E-state index is 0.133. The van der Waals surface area contributed by atoms with Gasteiger partial charge >= 0.3 is 0 Å². The fourth-order valence-corrected chi connectivity index (χ4v) is 2.29. The molecule has 0 bridgehead atoms. The fraction of sp³-hybridized carbons (Fsp3) is 0.583. The number of hydrogen-bond acceptors (Lipinski definition) is 2. The van der Waals surface area contributed by atoms with Gasteiger partial charge in [0.2, 0.25) is 5.91 Å². The summed E-state index contributed by atoms with van der Waals surface area (Å²) in [6.45, 7) is 6.24. The molecule has 0 unspecified atom stereocenters. The minimum atomic E-state index is 0.133. The highest BCUT2D eigenvalue weighted by Gasteiger charge is 2.15. The highest BCUT2D eigenvalue weighted by Crippen LogP contribution is 2.25. The summed E-state index contributed by atoms with van der Waals surface area (Å²) in [6, 6.07) is 4.32. The number of carbonyl (C=O) groups excluding carboxylic acids is 1. The quantitative estimate of drug-likeness (QED) is 0.818. The summed E-state index contributed by atoms with van der Waals surface area (Å²) in [7, 11) is 0. The van der Waals surface area contributed by atoms with Crippen LogP contribution in [0, 0.1) is 5.92 Å². The number of amides is 1. The van der Waals surface area contributed by atoms with E-state index in [0.29, 0.717) is 12.3 Å². The van der Waals surface area contributed by atoms with Gasteiger partial charge in [0.25, 0.3) is 0 Å². The third kappa shape index (κ3) is 4.04. The molecule has 2 nitrogen and oxygen atoms in total. The number of rotatable bonds is 5. The molecule has 0 aromatic carbocycles. The van der Waals surface area contributed by atoms with Crippen LogP contribution in [0.4, 0.5) is 0 Å². The molecule has 1 amide bonds. The van der Waals surface area contributed by atoms with E-state index in [2.05, 4.69) is 30.6 Å². The van der Waals surface area contributed by atoms with E-state index in [4.69, 9.17) is 0 Å². The lowest BCUT2D eigenvalue weighted by Crippen LogP contribution is -2.28. The zero-order valence-corrected chi connectivity index (χ0v) is 10.4. The second-order valence-electron chi connectivity index (χ2n) is 4.12. The molecule has 1 rings (SSSR count). The number of thiophene rings is 1. The van der Waals surface area contributed by atoms with Crippen molar-refractivity contribution in [2.45, 2.75) is 39.7 Å². The lowest BCUT2D eigenvalue weighted by atomic mass is 10.0. The molecular formula is C12H19NOS. The summed E-state index contributed by atoms with van der Waals surface area (Å²) >= 11 is 1.71. The third-order valence-corrected chi connectivity index (χ3v) is 3.24. The Labute approximate surface area is 95.7 Å². The Bertz CT molecular complexity index is 293. The van der Waals surface area contributed by atoms with E-state index < -0.39 is 0 Å². The number of hydrogen-bond donors (Lipinski definition) is 1. The Morgan fingerprint density at radius 1 is 1.53 bits per heavy atom. The van der Waals surface area contributed by atoms with Crippen molar-refractivity contribution in [2.75, 3.05) is 0 Å². The van der Waals surface area contributed by atoms with Gasteiger partial charge in [-0.3, -0.25) is 4.79 Å². The molecule has 0 fully saturated rings. The Kier molecular flexibility index (Phi) is 4.82. The SMILES string of the molecule is CCC(=O)N[C@H](CC(C)C)c1cccs1. The van der Waals surface area contributed by atoms with Crippen molar-refractivity contribution in [3.05, 3.63) is 22.4 Å². The molecule has 0 saturated heterocycles. The Morgan fingerprint density at radius 2 is 2.27 bits per heavy atom. The number of carbonyl (C=O) groups is 1. The van der Waals surface area contributed by atoms with E-state index in [0.717, 1.165) is 6.42 Å². The van der Waals surface area contributed by atoms with Crippen LogP contribution in [0.15, 0.2) is 17.5 Å². The first kappa shape index (κ1) is 12.2. The minimum Gasteiger partial charge on any atom is -0.348 e. The molecule has 1 heterocycles. The summed E-state index contributed by atoms with van der Waals surface area (Å²) in [6.07, 6.45) is 1.56. The average Bonchev–Trinajstić information content (AvgIpc) is 2.68. The van der Waals surface area contributed by atoms with Crippen LogP contribution >= 0.6 is 11.3 Å². The Morgan fingerprint density at radius 3 is 2.73 bits per heavy atom. The van der Waals surface area contributed by atoms with Crippen molar-refractivity contribution in [1.29, 1.82) is 0 Å². The Hall–Kier alpha value is -0.830. The van der Waals surface area contributed by atoms with Crippen LogP contribution in [0.1, 0.15) is 44.5 Å². The molecule has 1 aromatic heterocycles. The molecule has 3 heteroatoms. The molecule has 1 atom stereocenters. The largest absolute Gasteiger partial charge is 0.348 e. The van der Waals surface area contributed by atoms with E-state index in [9.17, 15) is 4.79 Å². The van der Waals surface area contributed by atoms with Crippen LogP contribution in [0.25, 0.3) is 0 Å². The first-order valence-corrected chi connectivity index (χ1v) is 6.34. The van der Waals surface area contributed by atoms with E-state index in [1.54, 1.807) is 11.3 Å². The van der Waals surface area contributed by atoms with Crippen LogP contribution in [0.5, 0.6) is 0 Å². The average molecular weight is 225 g/mol. The van der Waals surface area contributed by atoms with Crippen molar-refractivity contribution < 1.29 is 4.79 Å². The van der Waals surface area contributed by atoms with Gasteiger partial charge in [0.15, 0.2) is 0 Å². The standard InChI is InChI=1S/C12H19NOS/c1-4-12(14)13-10(8-9(2)3)11-6-5-7-15-11/h5-7,9-10H,4,8H2,1-3H3,(H,13,14)/t10-/m1/s1. The van der Waals surface area contributed by atoms with Gasteiger partial charge in [0, 0.05) is 11.3 Å². The van der Waals surface area contributed by atoms with Crippen molar-refractivity contribution in [3.63, 3.8) is 0 Å². The third-order valence-electron chi connectivity index (χ3n) is 2.25. The summed E-state index contributed by atoms with van der Waals surface area (Å²) in [5, 5.41) is 5.13. The highest BCUT2D eigenvalue weighted by atomic mass is 32.1. The lowest BCUT2D eigenvalue weighted by molar-refractivity contribution is -0.121. The second-order valence-corrected chi connectivity index (χ2v) is 5.10. The normalized spacial score (nSPS) is 12.8. The van der Waals surface area contributed by atoms with Crippen LogP contribution in [-0.2, 0) is 4.79 Å². The second kappa shape index (κ2) is 5.91. The first-order valence-electron chi connectivity index (χ1n) is 5.46. The first-order chi connectivity index (χ1) is 7.13. The monoisotopic (exact) mass is 225 g/mol. The summed E-state index contributed by atoms with van der Waals surface area (Å²) in [5.41, 5.74) is 0. The molecule has 0 aliphatic heterocycles. The zero-order chi connectivity index (χ0) is 11.3. The Balaban J connectivity index is 2.65. The predicted octanol–water partition coefficient (Wildman–Crippen LogP) is 3.36. The van der Waals surface area contributed by atoms with E-state index in [-0.39, 0.29) is 11.9 Å². The molecule has 0 radical (unpaired) electrons. The van der Waals surface area contributed by atoms with Crippen LogP contribution in [-0.4, -0.2) is 5.91 Å². The summed E-state index contributed by atoms with van der Waals surface area (Å²) in [5.74, 6) is 0.725. The highest BCUT2D eigenvalue weighted by molar-refractivity contribution is 7.10. The molecule has 0 spiro atoms. The fourth-order valence-electron chi connectivity index (χ4n) is 1.50. The van der Waals surface area contributed by atoms with Crippen molar-refractivity contribution in [2.24, 2.45) is 5.92 Å². The van der Waals surface area contributed by atoms with Crippen LogP contribution in [0.2, 0.25) is 0 Å². The molecule has 84 valence electrons. The number of nitrogens with one attached hydrogen (secondary N) is 1. The van der Waals surface area contributed by atoms with Crippen molar-refractivity contribution >= 4 is 17.2 Å². The van der Waals surface area contributed by atoms with Gasteiger partial charge in [-0.2, -0.15) is 0 Å². The summed E-state index contributed by atoms with van der Waals surface area (Å²) in [4.78, 5) is 12.6. The van der Waals surface area contributed by atoms with Gasteiger partial charge in [-0.05, 0) is 23.8 Å². The molecule has 0 aliphatic carbocycles. The molecular weight excluding hydrogens is 206 g/mol. The maximum Gasteiger partial charge on any atom is 0.220 e. The summed E-state index contributed by atoms with van der Waals surface area (Å²) < 4.78 is 0. The van der Waals surface area contributed by atoms with Gasteiger partial charge in [0.05, 0.1) is 6.04 Å². The van der Waals surface area contributed by atoms with E-state index in [1.165, 1.54) is 4.88 Å². The topological polar surface area (TPSA) is 29.1 Å². The van der Waals surface area contributed by atoms with E-state index in [1.807, 2.05) is 13.0 Å². The zero-order valence-electron chi connectivity index (χ0n) is 9.62. The van der Waals surface area contributed by atoms with Crippen LogP contribution < -0.4 is 5.32 Å². The smallest absolute Gasteiger partial charge is 0.220 e. The van der Waals surface area contributed by atoms with Gasteiger partial charge in [0.1, 0.15) is 0 Å². The van der Waals surface area contributed by atoms with Gasteiger partial charge in [-0.15, -0.1) is 11.3 Å². The molecule has 15 heavy (non-hydrogen) atoms. The maximum absolute atomic E-state index is 11.4. The molecule has 1 N–H and O–H groups in total. The van der Waals surface area contributed by atoms with Gasteiger partial charge in [-0.25, -0.2) is 0 Å². The predicted molar refractivity (Wildman–Crippen MR) is 64.9 cm³/mol. The molecule has 0 saturated carbocycles. The van der Waals surface area contributed by atoms with Crippen molar-refractivity contribution in [1.82, 2.24) is 5.32 Å². The lowest BCUT2D eigenvalue weighted by Gasteiger charge is -2.19. The molecule has 1 aromatic rings. The van der Waals surface area contributed by atoms with Crippen LogP contribution in [0.3, 0.4) is 0 Å². The van der Waals surface area contributed by atoms with E-state index >= 15 is 0 Å². The van der Waals surface area contributed by atoms with Gasteiger partial charge < -0.3 is 5.32 Å². The molecule has 0 aliphatic rings.